The Hall–Kier alpha value is -1.15. The van der Waals surface area contributed by atoms with E-state index in [0.29, 0.717) is 4.31 Å². The second kappa shape index (κ2) is 4.26. The van der Waals surface area contributed by atoms with Crippen LogP contribution in [0.2, 0.25) is 0 Å². The zero-order chi connectivity index (χ0) is 13.4. The van der Waals surface area contributed by atoms with Gasteiger partial charge in [0.05, 0.1) is 0 Å². The molecule has 1 aliphatic rings. The van der Waals surface area contributed by atoms with Gasteiger partial charge in [-0.25, -0.2) is 17.5 Å². The zero-order valence-corrected chi connectivity index (χ0v) is 10.7. The monoisotopic (exact) mass is 265 g/mol. The molecule has 1 aliphatic heterocycles. The van der Waals surface area contributed by atoms with Crippen molar-refractivity contribution < 1.29 is 27.9 Å². The van der Waals surface area contributed by atoms with E-state index in [4.69, 9.17) is 9.84 Å². The third kappa shape index (κ3) is 1.91. The molecule has 1 heterocycles. The van der Waals surface area contributed by atoms with Gasteiger partial charge in [0, 0.05) is 20.1 Å². The number of nitrogens with zero attached hydrogens (tertiary/aromatic N) is 1. The van der Waals surface area contributed by atoms with Crippen LogP contribution in [0.15, 0.2) is 0 Å². The van der Waals surface area contributed by atoms with Gasteiger partial charge >= 0.3 is 5.97 Å². The summed E-state index contributed by atoms with van der Waals surface area (Å²) >= 11 is 0. The van der Waals surface area contributed by atoms with E-state index in [-0.39, 0.29) is 13.0 Å². The van der Waals surface area contributed by atoms with Crippen LogP contribution in [0.1, 0.15) is 20.3 Å². The minimum Gasteiger partial charge on any atom is -0.480 e. The van der Waals surface area contributed by atoms with Crippen LogP contribution in [0.4, 0.5) is 0 Å². The molecule has 7 nitrogen and oxygen atoms in total. The number of carbonyl (C=O) groups is 2. The second-order valence-electron chi connectivity index (χ2n) is 4.25. The lowest BCUT2D eigenvalue weighted by Crippen LogP contribution is -2.71. The number of carboxylic acid groups (broad SMARTS) is 1. The Morgan fingerprint density at radius 3 is 2.41 bits per heavy atom. The normalized spacial score (nSPS) is 23.0. The molecule has 1 saturated heterocycles. The Balaban J connectivity index is 2.99. The quantitative estimate of drug-likeness (QED) is 0.714. The Labute approximate surface area is 99.4 Å². The molecule has 0 radical (unpaired) electrons. The van der Waals surface area contributed by atoms with Crippen molar-refractivity contribution in [2.45, 2.75) is 31.1 Å². The van der Waals surface area contributed by atoms with Crippen LogP contribution in [0.5, 0.6) is 0 Å². The number of aliphatic carboxylic acids is 1. The molecule has 0 aliphatic carbocycles. The molecule has 17 heavy (non-hydrogen) atoms. The van der Waals surface area contributed by atoms with Crippen LogP contribution in [-0.2, 0) is 24.3 Å². The summed E-state index contributed by atoms with van der Waals surface area (Å²) in [5, 5.41) is 8.94. The first-order valence-electron chi connectivity index (χ1n) is 4.98. The van der Waals surface area contributed by atoms with Crippen LogP contribution in [0.3, 0.4) is 0 Å². The van der Waals surface area contributed by atoms with Gasteiger partial charge in [-0.2, -0.15) is 0 Å². The van der Waals surface area contributed by atoms with Gasteiger partial charge in [0.2, 0.25) is 0 Å². The standard InChI is InChI=1S/C9H15NO6S/c1-9(2)8(13)10(17(9,14)15)6(7(11)12)4-5-16-3/h6H,4-5H2,1-3H3,(H,11,12). The van der Waals surface area contributed by atoms with Crippen LogP contribution < -0.4 is 0 Å². The van der Waals surface area contributed by atoms with Gasteiger partial charge in [0.1, 0.15) is 6.04 Å². The summed E-state index contributed by atoms with van der Waals surface area (Å²) in [5.41, 5.74) is 0. The SMILES string of the molecule is COCCC(C(=O)O)N1C(=O)C(C)(C)S1(=O)=O. The van der Waals surface area contributed by atoms with Gasteiger partial charge in [0.15, 0.2) is 4.75 Å². The Morgan fingerprint density at radius 2 is 2.06 bits per heavy atom. The lowest BCUT2D eigenvalue weighted by Gasteiger charge is -2.45. The Kier molecular flexibility index (Phi) is 3.49. The van der Waals surface area contributed by atoms with E-state index in [1.54, 1.807) is 0 Å². The molecule has 0 spiro atoms. The van der Waals surface area contributed by atoms with E-state index in [9.17, 15) is 18.0 Å². The highest BCUT2D eigenvalue weighted by Crippen LogP contribution is 2.37. The molecule has 1 rings (SSSR count). The largest absolute Gasteiger partial charge is 0.480 e. The highest BCUT2D eigenvalue weighted by molar-refractivity contribution is 7.94. The first-order chi connectivity index (χ1) is 7.67. The van der Waals surface area contributed by atoms with Crippen LogP contribution in [-0.4, -0.2) is 54.2 Å². The maximum absolute atomic E-state index is 11.8. The maximum Gasteiger partial charge on any atom is 0.327 e. The number of hydrogen-bond acceptors (Lipinski definition) is 5. The molecule has 0 saturated carbocycles. The van der Waals surface area contributed by atoms with Crippen molar-refractivity contribution in [3.63, 3.8) is 0 Å². The average Bonchev–Trinajstić information content (AvgIpc) is 2.22. The molecule has 1 amide bonds. The summed E-state index contributed by atoms with van der Waals surface area (Å²) in [7, 11) is -2.51. The molecule has 98 valence electrons. The van der Waals surface area contributed by atoms with Gasteiger partial charge < -0.3 is 9.84 Å². The van der Waals surface area contributed by atoms with Crippen LogP contribution in [0.25, 0.3) is 0 Å². The number of ether oxygens (including phenoxy) is 1. The van der Waals surface area contributed by atoms with Gasteiger partial charge in [-0.1, -0.05) is 0 Å². The number of sulfonamides is 1. The van der Waals surface area contributed by atoms with Crippen molar-refractivity contribution in [1.82, 2.24) is 4.31 Å². The molecule has 0 aromatic rings. The molecule has 1 unspecified atom stereocenters. The predicted octanol–water partition coefficient (Wildman–Crippen LogP) is -0.573. The number of amides is 1. The van der Waals surface area contributed by atoms with Crippen LogP contribution in [0, 0.1) is 0 Å². The smallest absolute Gasteiger partial charge is 0.327 e. The Morgan fingerprint density at radius 1 is 1.53 bits per heavy atom. The molecule has 1 atom stereocenters. The summed E-state index contributed by atoms with van der Waals surface area (Å²) in [5.74, 6) is -2.05. The number of methoxy groups -OCH3 is 1. The van der Waals surface area contributed by atoms with Gasteiger partial charge in [-0.15, -0.1) is 0 Å². The van der Waals surface area contributed by atoms with Crippen molar-refractivity contribution in [2.24, 2.45) is 0 Å². The fourth-order valence-corrected chi connectivity index (χ4v) is 3.23. The van der Waals surface area contributed by atoms with Crippen molar-refractivity contribution >= 4 is 21.9 Å². The van der Waals surface area contributed by atoms with Crippen molar-refractivity contribution in [2.75, 3.05) is 13.7 Å². The fraction of sp³-hybridized carbons (Fsp3) is 0.778. The molecule has 0 bridgehead atoms. The zero-order valence-electron chi connectivity index (χ0n) is 9.84. The van der Waals surface area contributed by atoms with Gasteiger partial charge in [0.25, 0.3) is 15.9 Å². The van der Waals surface area contributed by atoms with E-state index in [1.165, 1.54) is 21.0 Å². The Bertz CT molecular complexity index is 440. The summed E-state index contributed by atoms with van der Waals surface area (Å²) < 4.78 is 27.2. The topological polar surface area (TPSA) is 101 Å². The van der Waals surface area contributed by atoms with Gasteiger partial charge in [-0.05, 0) is 13.8 Å². The van der Waals surface area contributed by atoms with E-state index in [0.717, 1.165) is 0 Å². The van der Waals surface area contributed by atoms with Crippen molar-refractivity contribution in [3.8, 4) is 0 Å². The molecule has 0 aromatic heterocycles. The van der Waals surface area contributed by atoms with Crippen molar-refractivity contribution in [1.29, 1.82) is 0 Å². The first kappa shape index (κ1) is 13.9. The summed E-state index contributed by atoms with van der Waals surface area (Å²) in [6, 6.07) is -1.39. The minimum absolute atomic E-state index is 0.0626. The first-order valence-corrected chi connectivity index (χ1v) is 6.42. The molecule has 1 N–H and O–H groups in total. The number of rotatable bonds is 5. The number of carboxylic acids is 1. The van der Waals surface area contributed by atoms with E-state index < -0.39 is 32.7 Å². The minimum atomic E-state index is -3.88. The fourth-order valence-electron chi connectivity index (χ4n) is 1.57. The average molecular weight is 265 g/mol. The third-order valence-electron chi connectivity index (χ3n) is 2.78. The van der Waals surface area contributed by atoms with Gasteiger partial charge in [-0.3, -0.25) is 4.79 Å². The summed E-state index contributed by atoms with van der Waals surface area (Å²) in [4.78, 5) is 22.6. The predicted molar refractivity (Wildman–Crippen MR) is 57.8 cm³/mol. The molecule has 1 fully saturated rings. The van der Waals surface area contributed by atoms with Crippen LogP contribution >= 0.6 is 0 Å². The number of carbonyl (C=O) groups excluding carboxylic acids is 1. The summed E-state index contributed by atoms with van der Waals surface area (Å²) in [6.45, 7) is 2.59. The molecular weight excluding hydrogens is 250 g/mol. The molecule has 8 heteroatoms. The maximum atomic E-state index is 11.8. The lowest BCUT2D eigenvalue weighted by atomic mass is 10.1. The molecule has 0 aromatic carbocycles. The third-order valence-corrected chi connectivity index (χ3v) is 5.19. The second-order valence-corrected chi connectivity index (χ2v) is 6.62. The van der Waals surface area contributed by atoms with E-state index in [1.807, 2.05) is 0 Å². The lowest BCUT2D eigenvalue weighted by molar-refractivity contribution is -0.149. The van der Waals surface area contributed by atoms with E-state index in [2.05, 4.69) is 0 Å². The highest BCUT2D eigenvalue weighted by atomic mass is 32.2. The highest BCUT2D eigenvalue weighted by Gasteiger charge is 2.63. The summed E-state index contributed by atoms with van der Waals surface area (Å²) in [6.07, 6.45) is -0.0626. The van der Waals surface area contributed by atoms with E-state index >= 15 is 0 Å². The molecular formula is C9H15NO6S. The van der Waals surface area contributed by atoms with Crippen molar-refractivity contribution in [3.05, 3.63) is 0 Å². The number of hydrogen-bond donors (Lipinski definition) is 1.